The minimum absolute atomic E-state index is 0.00265. The van der Waals surface area contributed by atoms with Crippen molar-refractivity contribution in [3.8, 4) is 0 Å². The van der Waals surface area contributed by atoms with E-state index in [9.17, 15) is 19.2 Å². The third-order valence-electron chi connectivity index (χ3n) is 6.27. The molecule has 3 aromatic rings. The average Bonchev–Trinajstić information content (AvgIpc) is 2.86. The first-order valence-electron chi connectivity index (χ1n) is 11.2. The van der Waals surface area contributed by atoms with Crippen LogP contribution in [0.3, 0.4) is 0 Å². The van der Waals surface area contributed by atoms with Crippen LogP contribution in [-0.4, -0.2) is 70.0 Å². The number of hydrogen-bond acceptors (Lipinski definition) is 7. The molecule has 2 aliphatic heterocycles. The fourth-order valence-electron chi connectivity index (χ4n) is 4.63. The van der Waals surface area contributed by atoms with Crippen molar-refractivity contribution in [2.24, 2.45) is 0 Å². The molecule has 0 atom stereocenters. The number of anilines is 1. The highest BCUT2D eigenvalue weighted by Crippen LogP contribution is 2.39. The summed E-state index contributed by atoms with van der Waals surface area (Å²) < 4.78 is 0. The van der Waals surface area contributed by atoms with Crippen LogP contribution in [0.5, 0.6) is 0 Å². The number of aliphatic hydroxyl groups excluding tert-OH is 2. The topological polar surface area (TPSA) is 115 Å². The van der Waals surface area contributed by atoms with E-state index >= 15 is 0 Å². The highest BCUT2D eigenvalue weighted by Gasteiger charge is 2.39. The van der Waals surface area contributed by atoms with Gasteiger partial charge in [-0.15, -0.1) is 0 Å². The van der Waals surface area contributed by atoms with Gasteiger partial charge >= 0.3 is 0 Å². The summed E-state index contributed by atoms with van der Waals surface area (Å²) in [5.74, 6) is -0.960. The molecule has 3 aromatic carbocycles. The lowest BCUT2D eigenvalue weighted by molar-refractivity contribution is 0.0619. The minimum atomic E-state index is -0.524. The van der Waals surface area contributed by atoms with Gasteiger partial charge in [0.25, 0.3) is 23.6 Å². The summed E-state index contributed by atoms with van der Waals surface area (Å²) in [4.78, 5) is 55.5. The molecule has 2 aliphatic rings. The van der Waals surface area contributed by atoms with Crippen molar-refractivity contribution in [1.82, 2.24) is 4.90 Å². The fraction of sp³-hybridized carbons (Fsp3) is 0.231. The average molecular weight is 491 g/mol. The second kappa shape index (κ2) is 9.26. The summed E-state index contributed by atoms with van der Waals surface area (Å²) in [5, 5.41) is 18.8. The van der Waals surface area contributed by atoms with E-state index in [1.165, 1.54) is 16.7 Å². The zero-order chi connectivity index (χ0) is 24.7. The number of thioether (sulfide) groups is 1. The molecule has 0 aliphatic carbocycles. The van der Waals surface area contributed by atoms with Gasteiger partial charge in [0.05, 0.1) is 12.3 Å². The predicted octanol–water partition coefficient (Wildman–Crippen LogP) is 2.50. The van der Waals surface area contributed by atoms with Crippen LogP contribution in [0.1, 0.15) is 47.0 Å². The van der Waals surface area contributed by atoms with Gasteiger partial charge in [0.2, 0.25) is 0 Å². The molecular weight excluding hydrogens is 468 g/mol. The molecule has 0 bridgehead atoms. The van der Waals surface area contributed by atoms with Gasteiger partial charge in [-0.2, -0.15) is 11.8 Å². The second-order valence-electron chi connectivity index (χ2n) is 8.26. The van der Waals surface area contributed by atoms with Crippen molar-refractivity contribution in [2.45, 2.75) is 6.42 Å². The Hall–Kier alpha value is -3.53. The van der Waals surface area contributed by atoms with Crippen LogP contribution in [-0.2, 0) is 6.42 Å². The van der Waals surface area contributed by atoms with Gasteiger partial charge in [-0.05, 0) is 48.4 Å². The molecular formula is C26H22N2O6S. The first kappa shape index (κ1) is 23.2. The van der Waals surface area contributed by atoms with Gasteiger partial charge in [-0.3, -0.25) is 24.1 Å². The molecule has 0 fully saturated rings. The lowest BCUT2D eigenvalue weighted by Gasteiger charge is -2.32. The van der Waals surface area contributed by atoms with Crippen molar-refractivity contribution >= 4 is 51.9 Å². The summed E-state index contributed by atoms with van der Waals surface area (Å²) in [6.07, 6.45) is 0.467. The third-order valence-corrected chi connectivity index (χ3v) is 7.21. The first-order valence-corrected chi connectivity index (χ1v) is 12.4. The molecule has 0 unspecified atom stereocenters. The van der Waals surface area contributed by atoms with Crippen LogP contribution in [0.2, 0.25) is 0 Å². The summed E-state index contributed by atoms with van der Waals surface area (Å²) in [7, 11) is 0. The Morgan fingerprint density at radius 1 is 0.629 bits per heavy atom. The summed E-state index contributed by atoms with van der Waals surface area (Å²) >= 11 is 1.44. The van der Waals surface area contributed by atoms with Crippen molar-refractivity contribution in [2.75, 3.05) is 36.2 Å². The Balaban J connectivity index is 1.56. The number of aliphatic hydroxyl groups is 2. The Kier molecular flexibility index (Phi) is 6.14. The van der Waals surface area contributed by atoms with E-state index < -0.39 is 23.6 Å². The van der Waals surface area contributed by atoms with E-state index in [1.807, 2.05) is 0 Å². The molecule has 9 heteroatoms. The lowest BCUT2D eigenvalue weighted by Crippen LogP contribution is -2.44. The standard InChI is InChI=1S/C26H22N2O6S/c29-11-9-15-1-3-16(4-2-15)28-25(33)19-7-5-17-21-18(6-8-20(22(19)21)26(28)34)24(32)27(23(17)31)10-13-35-14-12-30/h1-8,29-30H,9-14H2. The molecule has 35 heavy (non-hydrogen) atoms. The Bertz CT molecular complexity index is 1310. The molecule has 0 spiro atoms. The third kappa shape index (κ3) is 3.72. The molecule has 5 rings (SSSR count). The van der Waals surface area contributed by atoms with Gasteiger partial charge in [-0.25, -0.2) is 4.90 Å². The largest absolute Gasteiger partial charge is 0.396 e. The SMILES string of the molecule is O=C1c2ccc3c4c(ccc(c24)C(=O)N1CCSCCO)C(=O)N(c1ccc(CCO)cc1)C3=O. The molecule has 2 heterocycles. The maximum atomic E-state index is 13.4. The van der Waals surface area contributed by atoms with E-state index in [0.717, 1.165) is 10.5 Å². The van der Waals surface area contributed by atoms with Gasteiger partial charge in [0.15, 0.2) is 0 Å². The zero-order valence-electron chi connectivity index (χ0n) is 18.7. The van der Waals surface area contributed by atoms with Gasteiger partial charge in [0, 0.05) is 57.7 Å². The number of nitrogens with zero attached hydrogens (tertiary/aromatic N) is 2. The number of imide groups is 2. The van der Waals surface area contributed by atoms with Crippen molar-refractivity contribution < 1.29 is 29.4 Å². The molecule has 0 aromatic heterocycles. The molecule has 0 radical (unpaired) electrons. The van der Waals surface area contributed by atoms with E-state index in [4.69, 9.17) is 10.2 Å². The van der Waals surface area contributed by atoms with E-state index in [-0.39, 0.29) is 42.0 Å². The number of carbonyl (C=O) groups excluding carboxylic acids is 4. The summed E-state index contributed by atoms with van der Waals surface area (Å²) in [6.45, 7) is 0.216. The number of benzene rings is 3. The minimum Gasteiger partial charge on any atom is -0.396 e. The molecule has 4 amide bonds. The zero-order valence-corrected chi connectivity index (χ0v) is 19.5. The van der Waals surface area contributed by atoms with Gasteiger partial charge in [0.1, 0.15) is 0 Å². The molecule has 0 saturated carbocycles. The van der Waals surface area contributed by atoms with Crippen molar-refractivity contribution in [3.05, 3.63) is 76.3 Å². The summed E-state index contributed by atoms with van der Waals surface area (Å²) in [6, 6.07) is 13.0. The Morgan fingerprint density at radius 2 is 1.14 bits per heavy atom. The van der Waals surface area contributed by atoms with Crippen molar-refractivity contribution in [3.63, 3.8) is 0 Å². The number of amides is 4. The Labute approximate surface area is 205 Å². The molecule has 0 saturated heterocycles. The maximum Gasteiger partial charge on any atom is 0.265 e. The highest BCUT2D eigenvalue weighted by atomic mass is 32.2. The van der Waals surface area contributed by atoms with Gasteiger partial charge < -0.3 is 10.2 Å². The summed E-state index contributed by atoms with van der Waals surface area (Å²) in [5.41, 5.74) is 2.37. The van der Waals surface area contributed by atoms with Crippen LogP contribution >= 0.6 is 11.8 Å². The van der Waals surface area contributed by atoms with Gasteiger partial charge in [-0.1, -0.05) is 12.1 Å². The van der Waals surface area contributed by atoms with Crippen LogP contribution in [0.4, 0.5) is 5.69 Å². The second-order valence-corrected chi connectivity index (χ2v) is 9.48. The van der Waals surface area contributed by atoms with Crippen LogP contribution in [0.15, 0.2) is 48.5 Å². The first-order chi connectivity index (χ1) is 17.0. The predicted molar refractivity (Wildman–Crippen MR) is 132 cm³/mol. The smallest absolute Gasteiger partial charge is 0.265 e. The number of carbonyl (C=O) groups is 4. The molecule has 178 valence electrons. The number of rotatable bonds is 8. The quantitative estimate of drug-likeness (QED) is 0.368. The number of hydrogen-bond donors (Lipinski definition) is 2. The fourth-order valence-corrected chi connectivity index (χ4v) is 5.27. The van der Waals surface area contributed by atoms with Crippen LogP contribution in [0, 0.1) is 0 Å². The van der Waals surface area contributed by atoms with E-state index in [0.29, 0.717) is 34.4 Å². The lowest BCUT2D eigenvalue weighted by atomic mass is 9.86. The van der Waals surface area contributed by atoms with E-state index in [1.54, 1.807) is 48.5 Å². The van der Waals surface area contributed by atoms with Crippen LogP contribution < -0.4 is 4.90 Å². The van der Waals surface area contributed by atoms with E-state index in [2.05, 4.69) is 0 Å². The maximum absolute atomic E-state index is 13.4. The Morgan fingerprint density at radius 3 is 1.63 bits per heavy atom. The van der Waals surface area contributed by atoms with Crippen molar-refractivity contribution in [1.29, 1.82) is 0 Å². The normalized spacial score (nSPS) is 14.9. The molecule has 8 nitrogen and oxygen atoms in total. The molecule has 2 N–H and O–H groups in total. The highest BCUT2D eigenvalue weighted by molar-refractivity contribution is 7.99. The van der Waals surface area contributed by atoms with Crippen LogP contribution in [0.25, 0.3) is 10.8 Å². The monoisotopic (exact) mass is 490 g/mol.